The zero-order valence-corrected chi connectivity index (χ0v) is 11.9. The highest BCUT2D eigenvalue weighted by atomic mass is 16.5. The summed E-state index contributed by atoms with van der Waals surface area (Å²) in [5.41, 5.74) is 1.26. The summed E-state index contributed by atoms with van der Waals surface area (Å²) in [5, 5.41) is 9.37. The fourth-order valence-corrected chi connectivity index (χ4v) is 1.88. The van der Waals surface area contributed by atoms with E-state index in [1.54, 1.807) is 44.6 Å². The third-order valence-electron chi connectivity index (χ3n) is 2.97. The summed E-state index contributed by atoms with van der Waals surface area (Å²) in [4.78, 5) is 12.0. The number of phenols is 1. The Kier molecular flexibility index (Phi) is 4.61. The first kappa shape index (κ1) is 14.7. The highest BCUT2D eigenvalue weighted by molar-refractivity contribution is 6.07. The number of allylic oxidation sites excluding steroid dienone is 1. The molecule has 0 fully saturated rings. The fraction of sp³-hybridized carbons (Fsp3) is 0.118. The lowest BCUT2D eigenvalue weighted by molar-refractivity contribution is 0.104. The van der Waals surface area contributed by atoms with E-state index in [0.29, 0.717) is 17.1 Å². The largest absolute Gasteiger partial charge is 0.508 e. The van der Waals surface area contributed by atoms with E-state index in [0.717, 1.165) is 5.56 Å². The Bertz CT molecular complexity index is 674. The number of ketones is 1. The van der Waals surface area contributed by atoms with Crippen molar-refractivity contribution in [1.29, 1.82) is 0 Å². The van der Waals surface area contributed by atoms with Crippen LogP contribution in [0, 0.1) is 0 Å². The van der Waals surface area contributed by atoms with Gasteiger partial charge in [-0.3, -0.25) is 4.79 Å². The number of carbonyl (C=O) groups is 1. The summed E-state index contributed by atoms with van der Waals surface area (Å²) in [5.74, 6) is 1.12. The summed E-state index contributed by atoms with van der Waals surface area (Å²) >= 11 is 0. The van der Waals surface area contributed by atoms with Gasteiger partial charge in [0, 0.05) is 5.56 Å². The topological polar surface area (TPSA) is 55.8 Å². The second-order valence-electron chi connectivity index (χ2n) is 4.36. The lowest BCUT2D eigenvalue weighted by Crippen LogP contribution is -1.93. The van der Waals surface area contributed by atoms with Gasteiger partial charge >= 0.3 is 0 Å². The zero-order chi connectivity index (χ0) is 15.2. The van der Waals surface area contributed by atoms with Crippen molar-refractivity contribution in [2.24, 2.45) is 0 Å². The summed E-state index contributed by atoms with van der Waals surface area (Å²) in [6.45, 7) is 0. The van der Waals surface area contributed by atoms with Gasteiger partial charge in [-0.25, -0.2) is 0 Å². The summed E-state index contributed by atoms with van der Waals surface area (Å²) in [6.07, 6.45) is 3.14. The van der Waals surface area contributed by atoms with Crippen molar-refractivity contribution in [2.45, 2.75) is 0 Å². The SMILES string of the molecule is COc1ccc(/C=C/C(=O)c2cccc(O)c2)cc1OC. The van der Waals surface area contributed by atoms with Crippen molar-refractivity contribution in [3.63, 3.8) is 0 Å². The van der Waals surface area contributed by atoms with Crippen LogP contribution in [0.1, 0.15) is 15.9 Å². The van der Waals surface area contributed by atoms with Crippen molar-refractivity contribution >= 4 is 11.9 Å². The maximum Gasteiger partial charge on any atom is 0.185 e. The highest BCUT2D eigenvalue weighted by Gasteiger charge is 2.05. The molecule has 0 radical (unpaired) electrons. The molecule has 0 unspecified atom stereocenters. The van der Waals surface area contributed by atoms with Gasteiger partial charge in [0.2, 0.25) is 0 Å². The summed E-state index contributed by atoms with van der Waals surface area (Å²) < 4.78 is 10.4. The molecule has 0 aliphatic rings. The average Bonchev–Trinajstić information content (AvgIpc) is 2.52. The predicted molar refractivity (Wildman–Crippen MR) is 81.0 cm³/mol. The Morgan fingerprint density at radius 3 is 2.48 bits per heavy atom. The number of benzene rings is 2. The van der Waals surface area contributed by atoms with E-state index < -0.39 is 0 Å². The molecule has 0 saturated carbocycles. The molecule has 0 atom stereocenters. The normalized spacial score (nSPS) is 10.6. The first-order chi connectivity index (χ1) is 10.1. The first-order valence-corrected chi connectivity index (χ1v) is 6.37. The van der Waals surface area contributed by atoms with Crippen molar-refractivity contribution in [1.82, 2.24) is 0 Å². The van der Waals surface area contributed by atoms with Crippen molar-refractivity contribution in [3.8, 4) is 17.2 Å². The maximum absolute atomic E-state index is 12.0. The number of carbonyl (C=O) groups excluding carboxylic acids is 1. The van der Waals surface area contributed by atoms with E-state index in [1.165, 1.54) is 18.2 Å². The summed E-state index contributed by atoms with van der Waals surface area (Å²) in [6, 6.07) is 11.6. The van der Waals surface area contributed by atoms with Gasteiger partial charge in [-0.1, -0.05) is 24.3 Å². The van der Waals surface area contributed by atoms with E-state index in [2.05, 4.69) is 0 Å². The number of aromatic hydroxyl groups is 1. The number of methoxy groups -OCH3 is 2. The molecule has 4 heteroatoms. The van der Waals surface area contributed by atoms with Gasteiger partial charge in [0.25, 0.3) is 0 Å². The molecule has 0 spiro atoms. The minimum atomic E-state index is -0.180. The Morgan fingerprint density at radius 2 is 1.81 bits per heavy atom. The fourth-order valence-electron chi connectivity index (χ4n) is 1.88. The molecule has 0 aromatic heterocycles. The van der Waals surface area contributed by atoms with E-state index in [4.69, 9.17) is 9.47 Å². The third kappa shape index (κ3) is 3.63. The Morgan fingerprint density at radius 1 is 1.05 bits per heavy atom. The Hall–Kier alpha value is -2.75. The molecule has 0 saturated heterocycles. The van der Waals surface area contributed by atoms with Crippen LogP contribution in [0.4, 0.5) is 0 Å². The van der Waals surface area contributed by atoms with E-state index >= 15 is 0 Å². The molecule has 4 nitrogen and oxygen atoms in total. The van der Waals surface area contributed by atoms with Crippen molar-refractivity contribution in [3.05, 3.63) is 59.7 Å². The molecule has 1 N–H and O–H groups in total. The smallest absolute Gasteiger partial charge is 0.185 e. The minimum absolute atomic E-state index is 0.0698. The Labute approximate surface area is 123 Å². The lowest BCUT2D eigenvalue weighted by Gasteiger charge is -2.07. The molecular weight excluding hydrogens is 268 g/mol. The van der Waals surface area contributed by atoms with E-state index in [1.807, 2.05) is 6.07 Å². The Balaban J connectivity index is 2.19. The van der Waals surface area contributed by atoms with Crippen LogP contribution in [0.15, 0.2) is 48.5 Å². The maximum atomic E-state index is 12.0. The van der Waals surface area contributed by atoms with Gasteiger partial charge in [-0.2, -0.15) is 0 Å². The van der Waals surface area contributed by atoms with Crippen LogP contribution in [-0.2, 0) is 0 Å². The van der Waals surface area contributed by atoms with Crippen molar-refractivity contribution < 1.29 is 19.4 Å². The monoisotopic (exact) mass is 284 g/mol. The molecule has 2 aromatic rings. The van der Waals surface area contributed by atoms with Gasteiger partial charge in [0.15, 0.2) is 17.3 Å². The van der Waals surface area contributed by atoms with Crippen LogP contribution in [0.2, 0.25) is 0 Å². The number of phenolic OH excluding ortho intramolecular Hbond substituents is 1. The van der Waals surface area contributed by atoms with Crippen molar-refractivity contribution in [2.75, 3.05) is 14.2 Å². The lowest BCUT2D eigenvalue weighted by atomic mass is 10.1. The third-order valence-corrected chi connectivity index (χ3v) is 2.97. The standard InChI is InChI=1S/C17H16O4/c1-20-16-9-7-12(10-17(16)21-2)6-8-15(19)13-4-3-5-14(18)11-13/h3-11,18H,1-2H3/b8-6+. The van der Waals surface area contributed by atoms with Gasteiger partial charge < -0.3 is 14.6 Å². The zero-order valence-electron chi connectivity index (χ0n) is 11.9. The van der Waals surface area contributed by atoms with Crippen LogP contribution in [0.3, 0.4) is 0 Å². The van der Waals surface area contributed by atoms with E-state index in [9.17, 15) is 9.90 Å². The number of rotatable bonds is 5. The molecule has 21 heavy (non-hydrogen) atoms. The van der Waals surface area contributed by atoms with Crippen LogP contribution >= 0.6 is 0 Å². The van der Waals surface area contributed by atoms with Crippen LogP contribution < -0.4 is 9.47 Å². The quantitative estimate of drug-likeness (QED) is 0.676. The molecule has 0 amide bonds. The molecule has 0 aliphatic carbocycles. The van der Waals surface area contributed by atoms with Gasteiger partial charge in [0.05, 0.1) is 14.2 Å². The van der Waals surface area contributed by atoms with Gasteiger partial charge in [-0.15, -0.1) is 0 Å². The molecule has 0 aliphatic heterocycles. The van der Waals surface area contributed by atoms with Crippen LogP contribution in [0.5, 0.6) is 17.2 Å². The van der Waals surface area contributed by atoms with Crippen LogP contribution in [0.25, 0.3) is 6.08 Å². The molecule has 2 rings (SSSR count). The first-order valence-electron chi connectivity index (χ1n) is 6.37. The highest BCUT2D eigenvalue weighted by Crippen LogP contribution is 2.28. The van der Waals surface area contributed by atoms with E-state index in [-0.39, 0.29) is 11.5 Å². The number of ether oxygens (including phenoxy) is 2. The second-order valence-corrected chi connectivity index (χ2v) is 4.36. The minimum Gasteiger partial charge on any atom is -0.508 e. The summed E-state index contributed by atoms with van der Waals surface area (Å²) in [7, 11) is 3.13. The molecule has 0 heterocycles. The molecular formula is C17H16O4. The average molecular weight is 284 g/mol. The molecule has 0 bridgehead atoms. The molecule has 2 aromatic carbocycles. The second kappa shape index (κ2) is 6.61. The molecule has 108 valence electrons. The number of hydrogen-bond donors (Lipinski definition) is 1. The van der Waals surface area contributed by atoms with Gasteiger partial charge in [0.1, 0.15) is 5.75 Å². The number of hydrogen-bond acceptors (Lipinski definition) is 4. The van der Waals surface area contributed by atoms with Crippen LogP contribution in [-0.4, -0.2) is 25.1 Å². The predicted octanol–water partition coefficient (Wildman–Crippen LogP) is 3.31. The van der Waals surface area contributed by atoms with Gasteiger partial charge in [-0.05, 0) is 35.9 Å².